The van der Waals surface area contributed by atoms with E-state index in [1.54, 1.807) is 25.1 Å². The first-order chi connectivity index (χ1) is 19.2. The zero-order valence-electron chi connectivity index (χ0n) is 21.0. The van der Waals surface area contributed by atoms with Gasteiger partial charge in [0.2, 0.25) is 5.91 Å². The van der Waals surface area contributed by atoms with Gasteiger partial charge < -0.3 is 20.1 Å². The maximum absolute atomic E-state index is 13.8. The third-order valence-electron chi connectivity index (χ3n) is 5.59. The van der Waals surface area contributed by atoms with Crippen molar-refractivity contribution in [1.82, 2.24) is 10.2 Å². The number of nitrogens with zero attached hydrogens (tertiary/aromatic N) is 2. The lowest BCUT2D eigenvalue weighted by Gasteiger charge is -2.15. The first-order valence-corrected chi connectivity index (χ1v) is 12.3. The van der Waals surface area contributed by atoms with E-state index < -0.39 is 35.1 Å². The van der Waals surface area contributed by atoms with Crippen LogP contribution in [0.1, 0.15) is 18.1 Å². The molecule has 1 heterocycles. The molecule has 0 atom stereocenters. The number of para-hydroxylation sites is 1. The summed E-state index contributed by atoms with van der Waals surface area (Å²) in [4.78, 5) is 48.6. The molecule has 1 aliphatic rings. The number of carbonyl (C=O) groups excluding carboxylic acids is 3. The van der Waals surface area contributed by atoms with Gasteiger partial charge in [-0.05, 0) is 60.5 Å². The van der Waals surface area contributed by atoms with E-state index in [4.69, 9.17) is 21.1 Å². The third kappa shape index (κ3) is 6.53. The van der Waals surface area contributed by atoms with Crippen molar-refractivity contribution in [3.05, 3.63) is 98.4 Å². The highest BCUT2D eigenvalue weighted by atomic mass is 35.5. The normalized spacial score (nSPS) is 13.8. The molecule has 206 valence electrons. The van der Waals surface area contributed by atoms with Gasteiger partial charge in [-0.3, -0.25) is 19.7 Å². The zero-order chi connectivity index (χ0) is 28.8. The number of anilines is 1. The summed E-state index contributed by atoms with van der Waals surface area (Å²) in [7, 11) is 0. The molecule has 0 saturated carbocycles. The minimum absolute atomic E-state index is 0.0491. The Bertz CT molecular complexity index is 1510. The van der Waals surface area contributed by atoms with Crippen LogP contribution in [-0.4, -0.2) is 40.8 Å². The average molecular weight is 569 g/mol. The highest BCUT2D eigenvalue weighted by Gasteiger charge is 2.35. The van der Waals surface area contributed by atoms with E-state index in [2.05, 4.69) is 10.6 Å². The number of nitro groups is 1. The molecule has 1 fully saturated rings. The van der Waals surface area contributed by atoms with Gasteiger partial charge in [-0.1, -0.05) is 23.7 Å². The number of nitro benzene ring substituents is 1. The second-order valence-electron chi connectivity index (χ2n) is 8.38. The number of non-ortho nitro benzene ring substituents is 1. The number of imide groups is 1. The number of ether oxygens (including phenoxy) is 2. The smallest absolute Gasteiger partial charge is 0.329 e. The summed E-state index contributed by atoms with van der Waals surface area (Å²) in [5.74, 6) is -1.69. The lowest BCUT2D eigenvalue weighted by molar-refractivity contribution is -0.384. The van der Waals surface area contributed by atoms with Crippen LogP contribution in [0, 0.1) is 15.9 Å². The Kier molecular flexibility index (Phi) is 8.60. The predicted molar refractivity (Wildman–Crippen MR) is 143 cm³/mol. The summed E-state index contributed by atoms with van der Waals surface area (Å²) in [5, 5.41) is 15.7. The molecule has 3 aromatic rings. The van der Waals surface area contributed by atoms with Crippen molar-refractivity contribution < 1.29 is 33.2 Å². The highest BCUT2D eigenvalue weighted by molar-refractivity contribution is 6.32. The molecular weight excluding hydrogens is 547 g/mol. The van der Waals surface area contributed by atoms with Crippen molar-refractivity contribution in [3.8, 4) is 11.5 Å². The zero-order valence-corrected chi connectivity index (χ0v) is 21.7. The molecule has 0 radical (unpaired) electrons. The Labute approximate surface area is 232 Å². The van der Waals surface area contributed by atoms with Crippen LogP contribution in [0.5, 0.6) is 11.5 Å². The number of amides is 4. The van der Waals surface area contributed by atoms with Crippen LogP contribution in [-0.2, 0) is 16.2 Å². The van der Waals surface area contributed by atoms with Crippen LogP contribution in [0.25, 0.3) is 6.08 Å². The van der Waals surface area contributed by atoms with Gasteiger partial charge in [0.05, 0.1) is 22.2 Å². The predicted octanol–water partition coefficient (Wildman–Crippen LogP) is 4.90. The van der Waals surface area contributed by atoms with E-state index in [0.717, 1.165) is 6.07 Å². The van der Waals surface area contributed by atoms with Crippen LogP contribution in [0.3, 0.4) is 0 Å². The van der Waals surface area contributed by atoms with Crippen LogP contribution in [0.2, 0.25) is 5.02 Å². The summed E-state index contributed by atoms with van der Waals surface area (Å²) < 4.78 is 25.3. The molecule has 0 spiro atoms. The van der Waals surface area contributed by atoms with E-state index in [1.165, 1.54) is 42.5 Å². The molecule has 0 bridgehead atoms. The summed E-state index contributed by atoms with van der Waals surface area (Å²) in [6.45, 7) is 1.45. The molecule has 1 saturated heterocycles. The fourth-order valence-electron chi connectivity index (χ4n) is 3.72. The maximum atomic E-state index is 13.8. The van der Waals surface area contributed by atoms with E-state index >= 15 is 0 Å². The first kappa shape index (κ1) is 28.0. The molecule has 2 N–H and O–H groups in total. The van der Waals surface area contributed by atoms with E-state index in [0.29, 0.717) is 16.0 Å². The van der Waals surface area contributed by atoms with Crippen LogP contribution >= 0.6 is 11.6 Å². The van der Waals surface area contributed by atoms with Gasteiger partial charge in [-0.15, -0.1) is 0 Å². The number of carbonyl (C=O) groups is 3. The Morgan fingerprint density at radius 1 is 1.15 bits per heavy atom. The third-order valence-corrected chi connectivity index (χ3v) is 5.87. The van der Waals surface area contributed by atoms with Gasteiger partial charge in [0, 0.05) is 12.1 Å². The summed E-state index contributed by atoms with van der Waals surface area (Å²) in [5.41, 5.74) is 0.823. The molecule has 0 unspecified atom stereocenters. The lowest BCUT2D eigenvalue weighted by atomic mass is 10.1. The quantitative estimate of drug-likeness (QED) is 0.153. The molecular formula is C27H22ClFN4O7. The number of rotatable bonds is 10. The molecule has 4 rings (SSSR count). The van der Waals surface area contributed by atoms with E-state index in [9.17, 15) is 28.9 Å². The molecule has 11 nitrogen and oxygen atoms in total. The van der Waals surface area contributed by atoms with Crippen LogP contribution in [0.15, 0.2) is 66.4 Å². The minimum Gasteiger partial charge on any atom is -0.490 e. The van der Waals surface area contributed by atoms with Gasteiger partial charge in [0.1, 0.15) is 24.7 Å². The SMILES string of the molecule is CCOc1cc(/C=C2/NC(=O)N(CC(=O)Nc3ccccc3F)C2=O)cc(Cl)c1OCc1ccc([N+](=O)[O-])cc1. The number of hydrogen-bond donors (Lipinski definition) is 2. The maximum Gasteiger partial charge on any atom is 0.329 e. The molecule has 0 aromatic heterocycles. The Hall–Kier alpha value is -4.97. The highest BCUT2D eigenvalue weighted by Crippen LogP contribution is 2.38. The van der Waals surface area contributed by atoms with Crippen LogP contribution < -0.4 is 20.1 Å². The molecule has 13 heteroatoms. The second-order valence-corrected chi connectivity index (χ2v) is 8.79. The lowest BCUT2D eigenvalue weighted by Crippen LogP contribution is -2.38. The van der Waals surface area contributed by atoms with Crippen molar-refractivity contribution >= 4 is 46.9 Å². The first-order valence-electron chi connectivity index (χ1n) is 11.9. The fraction of sp³-hybridized carbons (Fsp3) is 0.148. The topological polar surface area (TPSA) is 140 Å². The Morgan fingerprint density at radius 2 is 1.88 bits per heavy atom. The van der Waals surface area contributed by atoms with Gasteiger partial charge in [0.25, 0.3) is 11.6 Å². The Balaban J connectivity index is 1.48. The summed E-state index contributed by atoms with van der Waals surface area (Å²) in [6, 6.07) is 13.6. The van der Waals surface area contributed by atoms with Crippen LogP contribution in [0.4, 0.5) is 20.6 Å². The molecule has 3 aromatic carbocycles. The minimum atomic E-state index is -0.820. The monoisotopic (exact) mass is 568 g/mol. The molecule has 4 amide bonds. The molecule has 1 aliphatic heterocycles. The van der Waals surface area contributed by atoms with Crippen molar-refractivity contribution in [2.75, 3.05) is 18.5 Å². The van der Waals surface area contributed by atoms with Crippen molar-refractivity contribution in [3.63, 3.8) is 0 Å². The standard InChI is InChI=1S/C27H22ClFN4O7/c1-2-39-23-13-17(11-19(28)25(23)40-15-16-7-9-18(10-8-16)33(37)38)12-22-26(35)32(27(36)31-22)14-24(34)30-21-6-4-3-5-20(21)29/h3-13H,2,14-15H2,1H3,(H,30,34)(H,31,36)/b22-12+. The van der Waals surface area contributed by atoms with E-state index in [1.807, 2.05) is 0 Å². The van der Waals surface area contributed by atoms with Gasteiger partial charge in [0.15, 0.2) is 11.5 Å². The number of hydrogen-bond acceptors (Lipinski definition) is 7. The van der Waals surface area contributed by atoms with Crippen molar-refractivity contribution in [2.24, 2.45) is 0 Å². The van der Waals surface area contributed by atoms with Crippen molar-refractivity contribution in [1.29, 1.82) is 0 Å². The largest absolute Gasteiger partial charge is 0.490 e. The van der Waals surface area contributed by atoms with Gasteiger partial charge in [-0.25, -0.2) is 14.1 Å². The number of benzene rings is 3. The Morgan fingerprint density at radius 3 is 2.55 bits per heavy atom. The number of nitrogens with one attached hydrogen (secondary N) is 2. The molecule has 40 heavy (non-hydrogen) atoms. The van der Waals surface area contributed by atoms with Crippen molar-refractivity contribution in [2.45, 2.75) is 13.5 Å². The average Bonchev–Trinajstić information content (AvgIpc) is 3.17. The second kappa shape index (κ2) is 12.3. The van der Waals surface area contributed by atoms with Gasteiger partial charge >= 0.3 is 6.03 Å². The summed E-state index contributed by atoms with van der Waals surface area (Å²) in [6.07, 6.45) is 1.36. The number of urea groups is 1. The molecule has 0 aliphatic carbocycles. The summed E-state index contributed by atoms with van der Waals surface area (Å²) >= 11 is 6.45. The van der Waals surface area contributed by atoms with Gasteiger partial charge in [-0.2, -0.15) is 0 Å². The number of halogens is 2. The fourth-order valence-corrected chi connectivity index (χ4v) is 4.00. The van der Waals surface area contributed by atoms with E-state index in [-0.39, 0.29) is 46.8 Å².